The van der Waals surface area contributed by atoms with Crippen molar-refractivity contribution in [3.63, 3.8) is 0 Å². The Morgan fingerprint density at radius 3 is 2.73 bits per heavy atom. The third kappa shape index (κ3) is 4.91. The molecule has 0 amide bonds. The van der Waals surface area contributed by atoms with E-state index in [1.807, 2.05) is 24.6 Å². The zero-order chi connectivity index (χ0) is 15.9. The molecule has 2 N–H and O–H groups in total. The summed E-state index contributed by atoms with van der Waals surface area (Å²) in [5, 5.41) is 20.5. The first kappa shape index (κ1) is 16.6. The highest BCUT2D eigenvalue weighted by atomic mass is 32.1. The van der Waals surface area contributed by atoms with Crippen LogP contribution in [0, 0.1) is 0 Å². The number of carbonyl (C=O) groups is 1. The van der Waals surface area contributed by atoms with Crippen molar-refractivity contribution in [1.82, 2.24) is 9.88 Å². The zero-order valence-corrected chi connectivity index (χ0v) is 13.3. The number of hydrogen-bond acceptors (Lipinski definition) is 5. The topological polar surface area (TPSA) is 73.7 Å². The second kappa shape index (κ2) is 8.03. The molecule has 0 spiro atoms. The fourth-order valence-corrected chi connectivity index (χ4v) is 3.07. The van der Waals surface area contributed by atoms with Crippen LogP contribution in [0.2, 0.25) is 0 Å². The van der Waals surface area contributed by atoms with Gasteiger partial charge in [0.1, 0.15) is 0 Å². The maximum Gasteiger partial charge on any atom is 0.309 e. The van der Waals surface area contributed by atoms with Crippen LogP contribution in [0.1, 0.15) is 21.8 Å². The molecule has 0 saturated carbocycles. The number of aromatic nitrogens is 1. The van der Waals surface area contributed by atoms with E-state index in [1.54, 1.807) is 0 Å². The Labute approximate surface area is 133 Å². The molecular weight excluding hydrogens is 300 g/mol. The quantitative estimate of drug-likeness (QED) is 0.776. The van der Waals surface area contributed by atoms with Crippen molar-refractivity contribution in [2.75, 3.05) is 20.2 Å². The van der Waals surface area contributed by atoms with E-state index in [2.05, 4.69) is 22.0 Å². The summed E-state index contributed by atoms with van der Waals surface area (Å²) in [4.78, 5) is 17.2. The van der Waals surface area contributed by atoms with E-state index in [9.17, 15) is 4.79 Å². The third-order valence-electron chi connectivity index (χ3n) is 3.31. The normalized spacial score (nSPS) is 11.0. The molecule has 0 saturated heterocycles. The van der Waals surface area contributed by atoms with Crippen molar-refractivity contribution in [1.29, 1.82) is 0 Å². The van der Waals surface area contributed by atoms with Crippen LogP contribution in [0.4, 0.5) is 0 Å². The minimum Gasteiger partial charge on any atom is -0.481 e. The van der Waals surface area contributed by atoms with Crippen LogP contribution < -0.4 is 0 Å². The number of aliphatic hydroxyl groups excluding tert-OH is 1. The average molecular weight is 320 g/mol. The lowest BCUT2D eigenvalue weighted by Crippen LogP contribution is -2.22. The molecule has 22 heavy (non-hydrogen) atoms. The van der Waals surface area contributed by atoms with Gasteiger partial charge in [-0.25, -0.2) is 4.98 Å². The summed E-state index contributed by atoms with van der Waals surface area (Å²) >= 11 is 1.50. The van der Waals surface area contributed by atoms with Crippen molar-refractivity contribution in [2.24, 2.45) is 0 Å². The van der Waals surface area contributed by atoms with Gasteiger partial charge in [0.15, 0.2) is 0 Å². The summed E-state index contributed by atoms with van der Waals surface area (Å²) in [6.45, 7) is 1.54. The predicted octanol–water partition coefficient (Wildman–Crippen LogP) is 1.79. The first-order valence-corrected chi connectivity index (χ1v) is 7.97. The summed E-state index contributed by atoms with van der Waals surface area (Å²) in [6, 6.07) is 8.15. The van der Waals surface area contributed by atoms with Crippen molar-refractivity contribution in [2.45, 2.75) is 19.4 Å². The van der Waals surface area contributed by atoms with E-state index in [4.69, 9.17) is 10.2 Å². The number of rotatable bonds is 8. The number of carboxylic acids is 1. The third-order valence-corrected chi connectivity index (χ3v) is 4.21. The van der Waals surface area contributed by atoms with Gasteiger partial charge in [-0.05, 0) is 18.2 Å². The minimum atomic E-state index is -0.858. The summed E-state index contributed by atoms with van der Waals surface area (Å²) < 4.78 is 0. The molecule has 0 unspecified atom stereocenters. The molecule has 0 aliphatic carbocycles. The highest BCUT2D eigenvalue weighted by Gasteiger charge is 2.10. The zero-order valence-electron chi connectivity index (χ0n) is 12.5. The van der Waals surface area contributed by atoms with Crippen LogP contribution in [-0.2, 0) is 24.2 Å². The number of hydrogen-bond donors (Lipinski definition) is 2. The van der Waals surface area contributed by atoms with Crippen molar-refractivity contribution in [3.8, 4) is 0 Å². The summed E-state index contributed by atoms with van der Waals surface area (Å²) in [5.74, 6) is -0.858. The Hall–Kier alpha value is -1.76. The molecule has 0 fully saturated rings. The Bertz CT molecular complexity index is 627. The number of benzene rings is 1. The van der Waals surface area contributed by atoms with Gasteiger partial charge in [0.05, 0.1) is 23.7 Å². The van der Waals surface area contributed by atoms with E-state index in [0.29, 0.717) is 18.7 Å². The van der Waals surface area contributed by atoms with Crippen molar-refractivity contribution < 1.29 is 15.0 Å². The van der Waals surface area contributed by atoms with Gasteiger partial charge in [0.2, 0.25) is 0 Å². The Balaban J connectivity index is 2.09. The highest BCUT2D eigenvalue weighted by molar-refractivity contribution is 7.09. The van der Waals surface area contributed by atoms with Crippen molar-refractivity contribution >= 4 is 17.3 Å². The van der Waals surface area contributed by atoms with E-state index >= 15 is 0 Å². The molecule has 1 aromatic carbocycles. The van der Waals surface area contributed by atoms with Crippen molar-refractivity contribution in [3.05, 3.63) is 51.5 Å². The summed E-state index contributed by atoms with van der Waals surface area (Å²) in [7, 11) is 1.97. The Morgan fingerprint density at radius 2 is 2.05 bits per heavy atom. The van der Waals surface area contributed by atoms with Gasteiger partial charge < -0.3 is 10.2 Å². The van der Waals surface area contributed by atoms with Crippen LogP contribution in [0.15, 0.2) is 29.6 Å². The molecular formula is C16H20N2O3S. The number of carboxylic acid groups (broad SMARTS) is 1. The molecule has 0 aliphatic heterocycles. The fraction of sp³-hybridized carbons (Fsp3) is 0.375. The van der Waals surface area contributed by atoms with Gasteiger partial charge in [-0.1, -0.05) is 24.3 Å². The Morgan fingerprint density at radius 1 is 1.32 bits per heavy atom. The highest BCUT2D eigenvalue weighted by Crippen LogP contribution is 2.19. The molecule has 5 nitrogen and oxygen atoms in total. The first-order valence-electron chi connectivity index (χ1n) is 7.09. The number of nitrogens with zero attached hydrogens (tertiary/aromatic N) is 2. The number of thiazole rings is 1. The molecule has 1 aromatic heterocycles. The lowest BCUT2D eigenvalue weighted by atomic mass is 10.0. The molecule has 6 heteroatoms. The molecule has 0 bridgehead atoms. The standard InChI is InChI=1S/C16H20N2O3S/c1-18(6-7-19)10-13-5-3-2-4-12(13)8-15-17-14(11-22-15)9-16(20)21/h2-5,11,19H,6-10H2,1H3,(H,20,21). The van der Waals surface area contributed by atoms with Gasteiger partial charge in [0, 0.05) is 24.9 Å². The van der Waals surface area contributed by atoms with Crippen LogP contribution >= 0.6 is 11.3 Å². The SMILES string of the molecule is CN(CCO)Cc1ccccc1Cc1nc(CC(=O)O)cs1. The number of aliphatic carboxylic acids is 1. The number of likely N-dealkylation sites (N-methyl/N-ethyl adjacent to an activating group) is 1. The summed E-state index contributed by atoms with van der Waals surface area (Å²) in [5.41, 5.74) is 3.00. The van der Waals surface area contributed by atoms with Crippen LogP contribution in [-0.4, -0.2) is 46.3 Å². The second-order valence-electron chi connectivity index (χ2n) is 5.21. The van der Waals surface area contributed by atoms with Crippen LogP contribution in [0.25, 0.3) is 0 Å². The number of aliphatic hydroxyl groups is 1. The van der Waals surface area contributed by atoms with Gasteiger partial charge in [-0.15, -0.1) is 11.3 Å². The molecule has 0 radical (unpaired) electrons. The van der Waals surface area contributed by atoms with Crippen LogP contribution in [0.5, 0.6) is 0 Å². The van der Waals surface area contributed by atoms with Crippen LogP contribution in [0.3, 0.4) is 0 Å². The summed E-state index contributed by atoms with van der Waals surface area (Å²) in [6.07, 6.45) is 0.671. The molecule has 0 atom stereocenters. The average Bonchev–Trinajstić information content (AvgIpc) is 2.87. The molecule has 1 heterocycles. The van der Waals surface area contributed by atoms with E-state index in [1.165, 1.54) is 22.5 Å². The first-order chi connectivity index (χ1) is 10.6. The fourth-order valence-electron chi connectivity index (χ4n) is 2.25. The lowest BCUT2D eigenvalue weighted by molar-refractivity contribution is -0.136. The monoisotopic (exact) mass is 320 g/mol. The lowest BCUT2D eigenvalue weighted by Gasteiger charge is -2.17. The molecule has 2 aromatic rings. The maximum atomic E-state index is 10.7. The van der Waals surface area contributed by atoms with Gasteiger partial charge >= 0.3 is 5.97 Å². The van der Waals surface area contributed by atoms with Gasteiger partial charge in [-0.3, -0.25) is 9.69 Å². The maximum absolute atomic E-state index is 10.7. The predicted molar refractivity (Wildman–Crippen MR) is 86.1 cm³/mol. The van der Waals surface area contributed by atoms with Gasteiger partial charge in [0.25, 0.3) is 0 Å². The van der Waals surface area contributed by atoms with Gasteiger partial charge in [-0.2, -0.15) is 0 Å². The molecule has 0 aliphatic rings. The van der Waals surface area contributed by atoms with E-state index < -0.39 is 5.97 Å². The molecule has 2 rings (SSSR count). The van der Waals surface area contributed by atoms with E-state index in [0.717, 1.165) is 11.6 Å². The molecule has 118 valence electrons. The van der Waals surface area contributed by atoms with E-state index in [-0.39, 0.29) is 13.0 Å². The second-order valence-corrected chi connectivity index (χ2v) is 6.15. The smallest absolute Gasteiger partial charge is 0.309 e. The Kier molecular flexibility index (Phi) is 6.06. The minimum absolute atomic E-state index is 0.0304. The largest absolute Gasteiger partial charge is 0.481 e.